The quantitative estimate of drug-likeness (QED) is 0.111. The Balaban J connectivity index is 1.25. The lowest BCUT2D eigenvalue weighted by atomic mass is 10.0. The number of hydrogen-bond donors (Lipinski definition) is 0. The maximum Gasteiger partial charge on any atom is 0.280 e. The molecule has 52 heavy (non-hydrogen) atoms. The molecule has 2 saturated heterocycles. The molecule has 2 aliphatic carbocycles. The molecule has 8 rings (SSSR count). The van der Waals surface area contributed by atoms with Crippen molar-refractivity contribution in [3.05, 3.63) is 75.3 Å². The fraction of sp³-hybridized carbons (Fsp3) is 0.550. The Bertz CT molecular complexity index is 2060. The Morgan fingerprint density at radius 3 is 2.46 bits per heavy atom. The van der Waals surface area contributed by atoms with E-state index in [1.54, 1.807) is 16.7 Å². The number of halogens is 2. The summed E-state index contributed by atoms with van der Waals surface area (Å²) < 4.78 is 38.5. The van der Waals surface area contributed by atoms with E-state index in [1.807, 2.05) is 6.20 Å². The zero-order valence-corrected chi connectivity index (χ0v) is 31.8. The van der Waals surface area contributed by atoms with Gasteiger partial charge in [0.1, 0.15) is 35.9 Å². The molecule has 0 radical (unpaired) electrons. The van der Waals surface area contributed by atoms with Crippen molar-refractivity contribution in [2.24, 2.45) is 5.92 Å². The third-order valence-corrected chi connectivity index (χ3v) is 12.8. The van der Waals surface area contributed by atoms with Gasteiger partial charge in [-0.15, -0.1) is 0 Å². The second-order valence-corrected chi connectivity index (χ2v) is 22.6. The second kappa shape index (κ2) is 13.9. The summed E-state index contributed by atoms with van der Waals surface area (Å²) >= 11 is 0. The molecule has 0 unspecified atom stereocenters. The van der Waals surface area contributed by atoms with Crippen LogP contribution in [0.25, 0.3) is 28.0 Å². The molecule has 9 nitrogen and oxygen atoms in total. The van der Waals surface area contributed by atoms with Crippen LogP contribution >= 0.6 is 0 Å². The molecule has 4 aromatic rings. The third kappa shape index (κ3) is 7.39. The predicted molar refractivity (Wildman–Crippen MR) is 201 cm³/mol. The summed E-state index contributed by atoms with van der Waals surface area (Å²) in [6, 6.07) is 9.06. The minimum absolute atomic E-state index is 0.0171. The Kier molecular flexibility index (Phi) is 9.44. The highest BCUT2D eigenvalue weighted by atomic mass is 28.3. The number of pyridine rings is 1. The Morgan fingerprint density at radius 1 is 1.00 bits per heavy atom. The first-order valence-corrected chi connectivity index (χ1v) is 22.8. The number of ether oxygens (including phenoxy) is 1. The maximum absolute atomic E-state index is 14.9. The van der Waals surface area contributed by atoms with E-state index in [-0.39, 0.29) is 30.1 Å². The normalized spacial score (nSPS) is 20.1. The minimum Gasteiger partial charge on any atom is -0.361 e. The topological polar surface area (TPSA) is 85.5 Å². The van der Waals surface area contributed by atoms with Gasteiger partial charge in [0.05, 0.1) is 24.3 Å². The predicted octanol–water partition coefficient (Wildman–Crippen LogP) is 7.48. The number of rotatable bonds is 12. The molecule has 1 amide bonds. The summed E-state index contributed by atoms with van der Waals surface area (Å²) in [5.41, 5.74) is 3.68. The zero-order valence-electron chi connectivity index (χ0n) is 30.8. The number of fused-ring (bicyclic) bond motifs is 1. The van der Waals surface area contributed by atoms with E-state index < -0.39 is 26.0 Å². The Morgan fingerprint density at radius 2 is 1.77 bits per heavy atom. The number of piperidine rings is 1. The first-order valence-electron chi connectivity index (χ1n) is 19.1. The molecule has 5 heterocycles. The third-order valence-electron chi connectivity index (χ3n) is 11.1. The van der Waals surface area contributed by atoms with Crippen molar-refractivity contribution in [1.82, 2.24) is 28.9 Å². The van der Waals surface area contributed by atoms with Gasteiger partial charge in [-0.05, 0) is 92.8 Å². The van der Waals surface area contributed by atoms with Gasteiger partial charge in [0.25, 0.3) is 11.5 Å². The number of likely N-dealkylation sites (tertiary alicyclic amines) is 2. The van der Waals surface area contributed by atoms with Gasteiger partial charge in [-0.25, -0.2) is 18.7 Å². The molecule has 276 valence electrons. The van der Waals surface area contributed by atoms with Crippen molar-refractivity contribution < 1.29 is 18.3 Å². The smallest absolute Gasteiger partial charge is 0.280 e. The van der Waals surface area contributed by atoms with Crippen LogP contribution in [0.15, 0.2) is 41.3 Å². The number of carbonyl (C=O) groups is 1. The van der Waals surface area contributed by atoms with Crippen LogP contribution in [0.2, 0.25) is 25.7 Å². The maximum atomic E-state index is 14.9. The van der Waals surface area contributed by atoms with Crippen molar-refractivity contribution in [3.63, 3.8) is 0 Å². The second-order valence-electron chi connectivity index (χ2n) is 16.9. The fourth-order valence-electron chi connectivity index (χ4n) is 7.71. The highest BCUT2D eigenvalue weighted by molar-refractivity contribution is 6.76. The SMILES string of the molecule is C[C@H]1CCCN(Cc2cc3c(C4CC4)cn(-c4cc(-c5ccc(F)cc5C(=O)N5CC(F)C5)nc(C5CC5)n4)c(=O)c3n2COCC[Si](C)(C)C)C1. The monoisotopic (exact) mass is 728 g/mol. The molecule has 2 saturated carbocycles. The van der Waals surface area contributed by atoms with Crippen molar-refractivity contribution in [1.29, 1.82) is 0 Å². The largest absolute Gasteiger partial charge is 0.361 e. The van der Waals surface area contributed by atoms with Crippen molar-refractivity contribution in [2.75, 3.05) is 32.8 Å². The fourth-order valence-corrected chi connectivity index (χ4v) is 8.47. The molecule has 12 heteroatoms. The van der Waals surface area contributed by atoms with Gasteiger partial charge in [-0.2, -0.15) is 0 Å². The van der Waals surface area contributed by atoms with Crippen molar-refractivity contribution in [3.8, 4) is 17.1 Å². The lowest BCUT2D eigenvalue weighted by Gasteiger charge is -2.34. The molecule has 4 fully saturated rings. The van der Waals surface area contributed by atoms with Gasteiger partial charge in [0.15, 0.2) is 0 Å². The summed E-state index contributed by atoms with van der Waals surface area (Å²) in [5, 5.41) is 0.987. The minimum atomic E-state index is -1.32. The highest BCUT2D eigenvalue weighted by Crippen LogP contribution is 2.44. The molecule has 2 aliphatic heterocycles. The number of benzene rings is 1. The van der Waals surface area contributed by atoms with Crippen LogP contribution in [0.3, 0.4) is 0 Å². The number of nitrogens with zero attached hydrogens (tertiary/aromatic N) is 6. The molecule has 4 aliphatic rings. The summed E-state index contributed by atoms with van der Waals surface area (Å²) in [6.45, 7) is 13.1. The molecule has 1 atom stereocenters. The highest BCUT2D eigenvalue weighted by Gasteiger charge is 2.34. The van der Waals surface area contributed by atoms with Crippen LogP contribution in [0.5, 0.6) is 0 Å². The van der Waals surface area contributed by atoms with Gasteiger partial charge in [0.2, 0.25) is 0 Å². The van der Waals surface area contributed by atoms with E-state index in [1.165, 1.54) is 29.9 Å². The molecule has 3 aromatic heterocycles. The van der Waals surface area contributed by atoms with Crippen LogP contribution in [0, 0.1) is 11.7 Å². The number of hydrogen-bond acceptors (Lipinski definition) is 6. The zero-order chi connectivity index (χ0) is 36.3. The van der Waals surface area contributed by atoms with Gasteiger partial charge < -0.3 is 14.2 Å². The summed E-state index contributed by atoms with van der Waals surface area (Å²) in [7, 11) is -1.32. The van der Waals surface area contributed by atoms with Crippen LogP contribution in [0.1, 0.15) is 84.7 Å². The van der Waals surface area contributed by atoms with Crippen LogP contribution < -0.4 is 5.56 Å². The molecular weight excluding hydrogens is 679 g/mol. The Hall–Kier alpha value is -3.74. The number of aromatic nitrogens is 4. The summed E-state index contributed by atoms with van der Waals surface area (Å²) in [5.74, 6) is 1.17. The number of amides is 1. The van der Waals surface area contributed by atoms with E-state index >= 15 is 0 Å². The lowest BCUT2D eigenvalue weighted by molar-refractivity contribution is 0.0400. The van der Waals surface area contributed by atoms with Gasteiger partial charge in [-0.3, -0.25) is 19.1 Å². The molecule has 1 aromatic carbocycles. The average molecular weight is 729 g/mol. The number of carbonyl (C=O) groups excluding carboxylic acids is 1. The first kappa shape index (κ1) is 35.3. The van der Waals surface area contributed by atoms with Crippen molar-refractivity contribution in [2.45, 2.75) is 102 Å². The Labute approximate surface area is 305 Å². The van der Waals surface area contributed by atoms with Gasteiger partial charge in [-0.1, -0.05) is 26.6 Å². The molecule has 0 bridgehead atoms. The van der Waals surface area contributed by atoms with E-state index in [0.717, 1.165) is 68.0 Å². The summed E-state index contributed by atoms with van der Waals surface area (Å²) in [4.78, 5) is 42.1. The van der Waals surface area contributed by atoms with E-state index in [0.29, 0.717) is 53.6 Å². The van der Waals surface area contributed by atoms with E-state index in [2.05, 4.69) is 42.1 Å². The first-order chi connectivity index (χ1) is 24.9. The van der Waals surface area contributed by atoms with Crippen LogP contribution in [-0.2, 0) is 18.0 Å². The van der Waals surface area contributed by atoms with E-state index in [9.17, 15) is 18.4 Å². The van der Waals surface area contributed by atoms with Crippen LogP contribution in [-0.4, -0.2) is 81.8 Å². The summed E-state index contributed by atoms with van der Waals surface area (Å²) in [6.07, 6.45) is 7.28. The van der Waals surface area contributed by atoms with E-state index in [4.69, 9.17) is 14.7 Å². The number of alkyl halides is 1. The van der Waals surface area contributed by atoms with Crippen molar-refractivity contribution >= 4 is 24.9 Å². The molecule has 0 spiro atoms. The van der Waals surface area contributed by atoms with Crippen LogP contribution in [0.4, 0.5) is 8.78 Å². The average Bonchev–Trinajstić information content (AvgIpc) is 4.02. The standard InChI is InChI=1S/C40H50F2N6O3Si/c1-25-6-5-13-45(19-25)22-30-17-32-34(26-7-8-26)23-47(40(50)37(32)48(30)24-51-14-15-52(2,3)4)36-18-35(43-38(44-36)27-9-10-27)31-12-11-28(41)16-33(31)39(49)46-20-29(42)21-46/h11-12,16-18,23,25-27,29H,5-10,13-15,19-22,24H2,1-4H3/t25-/m0/s1. The molecular formula is C40H50F2N6O3Si. The van der Waals surface area contributed by atoms with Gasteiger partial charge >= 0.3 is 0 Å². The van der Waals surface area contributed by atoms with Gasteiger partial charge in [0, 0.05) is 62.6 Å². The lowest BCUT2D eigenvalue weighted by Crippen LogP contribution is -2.51. The molecule has 0 N–H and O–H groups in total.